The van der Waals surface area contributed by atoms with Gasteiger partial charge in [0.2, 0.25) is 15.9 Å². The summed E-state index contributed by atoms with van der Waals surface area (Å²) in [6.07, 6.45) is 0. The SMILES string of the molecule is Cc1nc([C@@H](C)NC(=O)c2cc(S(=O)(=O)N(C)C)ccc2Cl)no1. The zero-order valence-electron chi connectivity index (χ0n) is 13.6. The summed E-state index contributed by atoms with van der Waals surface area (Å²) in [6.45, 7) is 3.31. The molecule has 1 aromatic heterocycles. The lowest BCUT2D eigenvalue weighted by atomic mass is 10.2. The minimum absolute atomic E-state index is 0.0230. The van der Waals surface area contributed by atoms with Gasteiger partial charge in [-0.2, -0.15) is 4.98 Å². The molecule has 0 unspecified atom stereocenters. The van der Waals surface area contributed by atoms with E-state index in [1.807, 2.05) is 0 Å². The van der Waals surface area contributed by atoms with Gasteiger partial charge in [-0.25, -0.2) is 12.7 Å². The molecule has 2 aromatic rings. The zero-order valence-corrected chi connectivity index (χ0v) is 15.1. The first kappa shape index (κ1) is 18.4. The first-order chi connectivity index (χ1) is 11.1. The van der Waals surface area contributed by atoms with E-state index in [2.05, 4.69) is 15.5 Å². The average Bonchev–Trinajstić information content (AvgIpc) is 2.93. The Morgan fingerprint density at radius 1 is 1.38 bits per heavy atom. The molecule has 1 atom stereocenters. The van der Waals surface area contributed by atoms with Crippen LogP contribution in [0, 0.1) is 6.92 Å². The van der Waals surface area contributed by atoms with Gasteiger partial charge in [-0.15, -0.1) is 0 Å². The second kappa shape index (κ2) is 6.88. The number of halogens is 1. The molecule has 8 nitrogen and oxygen atoms in total. The third-order valence-electron chi connectivity index (χ3n) is 3.24. The summed E-state index contributed by atoms with van der Waals surface area (Å²) in [7, 11) is -0.858. The minimum atomic E-state index is -3.67. The highest BCUT2D eigenvalue weighted by atomic mass is 35.5. The van der Waals surface area contributed by atoms with Crippen LogP contribution in [0.3, 0.4) is 0 Å². The number of carbonyl (C=O) groups is 1. The quantitative estimate of drug-likeness (QED) is 0.857. The molecule has 1 aromatic carbocycles. The molecule has 2 rings (SSSR count). The minimum Gasteiger partial charge on any atom is -0.342 e. The summed E-state index contributed by atoms with van der Waals surface area (Å²) in [5, 5.41) is 6.53. The van der Waals surface area contributed by atoms with Gasteiger partial charge in [-0.05, 0) is 25.1 Å². The van der Waals surface area contributed by atoms with Crippen LogP contribution in [-0.2, 0) is 10.0 Å². The van der Waals surface area contributed by atoms with Crippen LogP contribution in [0.2, 0.25) is 5.02 Å². The van der Waals surface area contributed by atoms with Crippen LogP contribution in [0.4, 0.5) is 0 Å². The van der Waals surface area contributed by atoms with Crippen molar-refractivity contribution in [1.29, 1.82) is 0 Å². The first-order valence-electron chi connectivity index (χ1n) is 6.96. The van der Waals surface area contributed by atoms with Crippen LogP contribution < -0.4 is 5.32 Å². The fourth-order valence-electron chi connectivity index (χ4n) is 1.88. The number of aryl methyl sites for hydroxylation is 1. The van der Waals surface area contributed by atoms with Crippen molar-refractivity contribution < 1.29 is 17.7 Å². The lowest BCUT2D eigenvalue weighted by Gasteiger charge is -2.14. The Kier molecular flexibility index (Phi) is 5.26. The Balaban J connectivity index is 2.29. The van der Waals surface area contributed by atoms with Crippen molar-refractivity contribution in [1.82, 2.24) is 19.8 Å². The Labute approximate surface area is 144 Å². The molecule has 130 valence electrons. The zero-order chi connectivity index (χ0) is 18.1. The van der Waals surface area contributed by atoms with Crippen molar-refractivity contribution >= 4 is 27.5 Å². The second-order valence-corrected chi connectivity index (χ2v) is 7.85. The molecule has 0 bridgehead atoms. The lowest BCUT2D eigenvalue weighted by molar-refractivity contribution is 0.0938. The number of amides is 1. The standard InChI is InChI=1S/C14H17ClN4O4S/c1-8(13-17-9(2)23-18-13)16-14(20)11-7-10(5-6-12(11)15)24(21,22)19(3)4/h5-8H,1-4H3,(H,16,20)/t8-/m1/s1. The van der Waals surface area contributed by atoms with Crippen molar-refractivity contribution in [2.45, 2.75) is 24.8 Å². The van der Waals surface area contributed by atoms with Crippen molar-refractivity contribution in [2.75, 3.05) is 14.1 Å². The largest absolute Gasteiger partial charge is 0.342 e. The lowest BCUT2D eigenvalue weighted by Crippen LogP contribution is -2.28. The fraction of sp³-hybridized carbons (Fsp3) is 0.357. The summed E-state index contributed by atoms with van der Waals surface area (Å²) in [5.41, 5.74) is 0.0478. The summed E-state index contributed by atoms with van der Waals surface area (Å²) in [6, 6.07) is 3.43. The van der Waals surface area contributed by atoms with Gasteiger partial charge >= 0.3 is 0 Å². The average molecular weight is 373 g/mol. The van der Waals surface area contributed by atoms with Gasteiger partial charge in [0.15, 0.2) is 5.82 Å². The number of nitrogens with zero attached hydrogens (tertiary/aromatic N) is 3. The van der Waals surface area contributed by atoms with E-state index in [4.69, 9.17) is 16.1 Å². The van der Waals surface area contributed by atoms with Crippen LogP contribution in [0.5, 0.6) is 0 Å². The van der Waals surface area contributed by atoms with E-state index in [-0.39, 0.29) is 15.5 Å². The maximum atomic E-state index is 12.4. The van der Waals surface area contributed by atoms with Gasteiger partial charge in [0.1, 0.15) is 0 Å². The van der Waals surface area contributed by atoms with Gasteiger partial charge in [-0.1, -0.05) is 16.8 Å². The number of aromatic nitrogens is 2. The van der Waals surface area contributed by atoms with Gasteiger partial charge in [-0.3, -0.25) is 4.79 Å². The number of nitrogens with one attached hydrogen (secondary N) is 1. The normalized spacial score (nSPS) is 13.1. The summed E-state index contributed by atoms with van der Waals surface area (Å²) >= 11 is 6.04. The Bertz CT molecular complexity index is 863. The maximum absolute atomic E-state index is 12.4. The third-order valence-corrected chi connectivity index (χ3v) is 5.38. The Hall–Kier alpha value is -1.97. The van der Waals surface area contributed by atoms with Crippen molar-refractivity contribution in [3.8, 4) is 0 Å². The highest BCUT2D eigenvalue weighted by Crippen LogP contribution is 2.23. The van der Waals surface area contributed by atoms with E-state index < -0.39 is 22.0 Å². The molecule has 1 amide bonds. The first-order valence-corrected chi connectivity index (χ1v) is 8.78. The number of sulfonamides is 1. The number of carbonyl (C=O) groups excluding carboxylic acids is 1. The second-order valence-electron chi connectivity index (χ2n) is 5.30. The molecule has 0 spiro atoms. The van der Waals surface area contributed by atoms with Gasteiger partial charge in [0.25, 0.3) is 5.91 Å². The van der Waals surface area contributed by atoms with Crippen LogP contribution in [0.25, 0.3) is 0 Å². The van der Waals surface area contributed by atoms with Crippen molar-refractivity contribution in [2.24, 2.45) is 0 Å². The number of hydrogen-bond donors (Lipinski definition) is 1. The fourth-order valence-corrected chi connectivity index (χ4v) is 3.01. The van der Waals surface area contributed by atoms with E-state index in [0.717, 1.165) is 4.31 Å². The van der Waals surface area contributed by atoms with Crippen LogP contribution in [-0.4, -0.2) is 42.9 Å². The van der Waals surface area contributed by atoms with E-state index in [0.29, 0.717) is 11.7 Å². The van der Waals surface area contributed by atoms with E-state index in [1.165, 1.54) is 32.3 Å². The number of benzene rings is 1. The topological polar surface area (TPSA) is 105 Å². The Morgan fingerprint density at radius 2 is 2.04 bits per heavy atom. The van der Waals surface area contributed by atoms with Crippen LogP contribution in [0.1, 0.15) is 35.0 Å². The van der Waals surface area contributed by atoms with E-state index >= 15 is 0 Å². The molecule has 24 heavy (non-hydrogen) atoms. The van der Waals surface area contributed by atoms with Gasteiger partial charge in [0.05, 0.1) is 21.5 Å². The molecule has 0 radical (unpaired) electrons. The van der Waals surface area contributed by atoms with Crippen molar-refractivity contribution in [3.05, 3.63) is 40.5 Å². The molecular formula is C14H17ClN4O4S. The molecule has 0 aliphatic rings. The Morgan fingerprint density at radius 3 is 2.58 bits per heavy atom. The monoisotopic (exact) mass is 372 g/mol. The van der Waals surface area contributed by atoms with Gasteiger partial charge < -0.3 is 9.84 Å². The molecule has 0 aliphatic heterocycles. The van der Waals surface area contributed by atoms with Gasteiger partial charge in [0, 0.05) is 21.0 Å². The van der Waals surface area contributed by atoms with E-state index in [9.17, 15) is 13.2 Å². The number of hydrogen-bond acceptors (Lipinski definition) is 6. The summed E-state index contributed by atoms with van der Waals surface area (Å²) in [5.74, 6) is 0.156. The summed E-state index contributed by atoms with van der Waals surface area (Å²) in [4.78, 5) is 16.4. The molecule has 0 aliphatic carbocycles. The maximum Gasteiger partial charge on any atom is 0.253 e. The summed E-state index contributed by atoms with van der Waals surface area (Å²) < 4.78 is 30.3. The highest BCUT2D eigenvalue weighted by molar-refractivity contribution is 7.89. The van der Waals surface area contributed by atoms with Crippen LogP contribution >= 0.6 is 11.6 Å². The molecular weight excluding hydrogens is 356 g/mol. The molecule has 10 heteroatoms. The molecule has 1 N–H and O–H groups in total. The number of rotatable bonds is 5. The van der Waals surface area contributed by atoms with Crippen LogP contribution in [0.15, 0.2) is 27.6 Å². The van der Waals surface area contributed by atoms with Crippen molar-refractivity contribution in [3.63, 3.8) is 0 Å². The highest BCUT2D eigenvalue weighted by Gasteiger charge is 2.22. The molecule has 1 heterocycles. The predicted molar refractivity (Wildman–Crippen MR) is 87.2 cm³/mol. The molecule has 0 saturated heterocycles. The molecule has 0 saturated carbocycles. The third kappa shape index (κ3) is 3.74. The predicted octanol–water partition coefficient (Wildman–Crippen LogP) is 1.77. The smallest absolute Gasteiger partial charge is 0.253 e. The van der Waals surface area contributed by atoms with E-state index in [1.54, 1.807) is 13.8 Å². The molecule has 0 fully saturated rings.